The van der Waals surface area contributed by atoms with Crippen molar-refractivity contribution in [2.75, 3.05) is 13.7 Å². The Kier molecular flexibility index (Phi) is 5.14. The van der Waals surface area contributed by atoms with E-state index in [1.54, 1.807) is 12.0 Å². The molecule has 5 heteroatoms. The highest BCUT2D eigenvalue weighted by atomic mass is 16.6. The maximum Gasteiger partial charge on any atom is 0.412 e. The highest BCUT2D eigenvalue weighted by molar-refractivity contribution is 5.69. The number of hydrogen-bond acceptors (Lipinski definition) is 4. The molecule has 134 valence electrons. The van der Waals surface area contributed by atoms with Gasteiger partial charge >= 0.3 is 6.09 Å². The van der Waals surface area contributed by atoms with Gasteiger partial charge in [-0.3, -0.25) is 4.90 Å². The number of carbonyl (C=O) groups is 1. The van der Waals surface area contributed by atoms with E-state index in [9.17, 15) is 4.79 Å². The van der Waals surface area contributed by atoms with E-state index < -0.39 is 5.60 Å². The van der Waals surface area contributed by atoms with Gasteiger partial charge in [0.1, 0.15) is 17.6 Å². The molecule has 1 heterocycles. The monoisotopic (exact) mass is 335 g/mol. The summed E-state index contributed by atoms with van der Waals surface area (Å²) in [5, 5.41) is 0. The lowest BCUT2D eigenvalue weighted by molar-refractivity contribution is -0.0585. The van der Waals surface area contributed by atoms with Crippen molar-refractivity contribution in [1.82, 2.24) is 4.90 Å². The average Bonchev–Trinajstić information content (AvgIpc) is 2.90. The summed E-state index contributed by atoms with van der Waals surface area (Å²) in [4.78, 5) is 14.6. The molecule has 5 nitrogen and oxygen atoms in total. The van der Waals surface area contributed by atoms with Gasteiger partial charge in [-0.25, -0.2) is 4.79 Å². The Bertz CT molecular complexity index is 586. The van der Waals surface area contributed by atoms with Crippen LogP contribution >= 0.6 is 0 Å². The van der Waals surface area contributed by atoms with Gasteiger partial charge in [0.25, 0.3) is 0 Å². The number of ether oxygens (including phenoxy) is 3. The van der Waals surface area contributed by atoms with E-state index in [1.807, 2.05) is 45.0 Å². The first-order chi connectivity index (χ1) is 11.0. The predicted octanol–water partition coefficient (Wildman–Crippen LogP) is 4.38. The fourth-order valence-corrected chi connectivity index (χ4v) is 2.82. The van der Waals surface area contributed by atoms with Gasteiger partial charge in [0.15, 0.2) is 0 Å². The number of benzene rings is 1. The van der Waals surface area contributed by atoms with Crippen LogP contribution in [0.3, 0.4) is 0 Å². The highest BCUT2D eigenvalue weighted by Gasteiger charge is 2.46. The molecule has 1 fully saturated rings. The summed E-state index contributed by atoms with van der Waals surface area (Å²) in [7, 11) is 1.63. The second kappa shape index (κ2) is 6.63. The zero-order valence-corrected chi connectivity index (χ0v) is 15.8. The molecule has 0 bridgehead atoms. The number of methoxy groups -OCH3 is 1. The Morgan fingerprint density at radius 3 is 2.42 bits per heavy atom. The first kappa shape index (κ1) is 18.6. The second-order valence-electron chi connectivity index (χ2n) is 8.23. The third kappa shape index (κ3) is 4.20. The number of carbonyl (C=O) groups excluding carboxylic acids is 1. The van der Waals surface area contributed by atoms with Crippen LogP contribution in [0.4, 0.5) is 4.79 Å². The summed E-state index contributed by atoms with van der Waals surface area (Å²) < 4.78 is 16.9. The van der Waals surface area contributed by atoms with E-state index in [0.29, 0.717) is 6.61 Å². The van der Waals surface area contributed by atoms with E-state index in [1.165, 1.54) is 0 Å². The SMILES string of the molecule is COc1cccc([C@H]2CO[C@H](C(C)(C)C)N2C(=O)OC(C)(C)C)c1. The number of nitrogens with zero attached hydrogens (tertiary/aromatic N) is 1. The zero-order chi connectivity index (χ0) is 18.1. The van der Waals surface area contributed by atoms with Gasteiger partial charge in [-0.2, -0.15) is 0 Å². The van der Waals surface area contributed by atoms with E-state index in [2.05, 4.69) is 20.8 Å². The number of amides is 1. The molecule has 0 spiro atoms. The summed E-state index contributed by atoms with van der Waals surface area (Å²) in [6.07, 6.45) is -0.698. The van der Waals surface area contributed by atoms with Crippen LogP contribution in [0.5, 0.6) is 5.75 Å². The molecule has 1 aliphatic heterocycles. The van der Waals surface area contributed by atoms with Gasteiger partial charge in [0.2, 0.25) is 0 Å². The van der Waals surface area contributed by atoms with Crippen LogP contribution in [0.15, 0.2) is 24.3 Å². The molecule has 0 saturated carbocycles. The smallest absolute Gasteiger partial charge is 0.412 e. The first-order valence-corrected chi connectivity index (χ1v) is 8.30. The first-order valence-electron chi connectivity index (χ1n) is 8.30. The molecular weight excluding hydrogens is 306 g/mol. The fraction of sp³-hybridized carbons (Fsp3) is 0.632. The van der Waals surface area contributed by atoms with Gasteiger partial charge in [-0.1, -0.05) is 32.9 Å². The lowest BCUT2D eigenvalue weighted by Crippen LogP contribution is -2.46. The van der Waals surface area contributed by atoms with Gasteiger partial charge in [-0.05, 0) is 38.5 Å². The number of hydrogen-bond donors (Lipinski definition) is 0. The van der Waals surface area contributed by atoms with Gasteiger partial charge in [0.05, 0.1) is 19.8 Å². The molecule has 24 heavy (non-hydrogen) atoms. The lowest BCUT2D eigenvalue weighted by Gasteiger charge is -2.36. The summed E-state index contributed by atoms with van der Waals surface area (Å²) in [5.74, 6) is 0.760. The number of rotatable bonds is 2. The lowest BCUT2D eigenvalue weighted by atomic mass is 9.93. The standard InChI is InChI=1S/C19H29NO4/c1-18(2,3)16-20(17(21)24-19(4,5)6)15(12-23-16)13-9-8-10-14(11-13)22-7/h8-11,15-16H,12H2,1-7H3/t15-,16-/m1/s1. The third-order valence-corrected chi connectivity index (χ3v) is 3.82. The minimum absolute atomic E-state index is 0.195. The van der Waals surface area contributed by atoms with Crippen molar-refractivity contribution < 1.29 is 19.0 Å². The summed E-state index contributed by atoms with van der Waals surface area (Å²) in [6.45, 7) is 12.2. The molecule has 2 rings (SSSR count). The van der Waals surface area contributed by atoms with Crippen molar-refractivity contribution in [3.8, 4) is 5.75 Å². The maximum atomic E-state index is 12.8. The van der Waals surface area contributed by atoms with Crippen molar-refractivity contribution in [1.29, 1.82) is 0 Å². The molecule has 1 aliphatic rings. The van der Waals surface area contributed by atoms with E-state index in [-0.39, 0.29) is 23.8 Å². The molecule has 1 saturated heterocycles. The van der Waals surface area contributed by atoms with Crippen molar-refractivity contribution in [2.24, 2.45) is 5.41 Å². The molecular formula is C19H29NO4. The van der Waals surface area contributed by atoms with Crippen molar-refractivity contribution >= 4 is 6.09 Å². The summed E-state index contributed by atoms with van der Waals surface area (Å²) >= 11 is 0. The quantitative estimate of drug-likeness (QED) is 0.805. The Morgan fingerprint density at radius 2 is 1.88 bits per heavy atom. The zero-order valence-electron chi connectivity index (χ0n) is 15.8. The van der Waals surface area contributed by atoms with Crippen LogP contribution < -0.4 is 4.74 Å². The van der Waals surface area contributed by atoms with Crippen molar-refractivity contribution in [3.05, 3.63) is 29.8 Å². The Morgan fingerprint density at radius 1 is 1.21 bits per heavy atom. The van der Waals surface area contributed by atoms with Crippen LogP contribution in [0.2, 0.25) is 0 Å². The van der Waals surface area contributed by atoms with Crippen LogP contribution in [-0.2, 0) is 9.47 Å². The van der Waals surface area contributed by atoms with E-state index in [4.69, 9.17) is 14.2 Å². The average molecular weight is 335 g/mol. The van der Waals surface area contributed by atoms with Gasteiger partial charge in [0, 0.05) is 5.41 Å². The molecule has 0 aliphatic carbocycles. The van der Waals surface area contributed by atoms with Crippen LogP contribution in [0.1, 0.15) is 53.1 Å². The van der Waals surface area contributed by atoms with Crippen LogP contribution in [-0.4, -0.2) is 36.5 Å². The normalized spacial score (nSPS) is 21.7. The summed E-state index contributed by atoms with van der Waals surface area (Å²) in [6, 6.07) is 7.54. The highest BCUT2D eigenvalue weighted by Crippen LogP contribution is 2.39. The van der Waals surface area contributed by atoms with Crippen molar-refractivity contribution in [2.45, 2.75) is 59.4 Å². The summed E-state index contributed by atoms with van der Waals surface area (Å²) in [5.41, 5.74) is 0.206. The third-order valence-electron chi connectivity index (χ3n) is 3.82. The van der Waals surface area contributed by atoms with Crippen LogP contribution in [0, 0.1) is 5.41 Å². The van der Waals surface area contributed by atoms with Gasteiger partial charge < -0.3 is 14.2 Å². The minimum atomic E-state index is -0.555. The molecule has 0 unspecified atom stereocenters. The van der Waals surface area contributed by atoms with E-state index in [0.717, 1.165) is 11.3 Å². The molecule has 1 aromatic carbocycles. The predicted molar refractivity (Wildman–Crippen MR) is 93.0 cm³/mol. The topological polar surface area (TPSA) is 48.0 Å². The molecule has 0 N–H and O–H groups in total. The Balaban J connectivity index is 2.37. The Hall–Kier alpha value is -1.75. The molecule has 2 atom stereocenters. The molecule has 1 amide bonds. The van der Waals surface area contributed by atoms with Crippen LogP contribution in [0.25, 0.3) is 0 Å². The molecule has 0 radical (unpaired) electrons. The largest absolute Gasteiger partial charge is 0.497 e. The molecule has 0 aromatic heterocycles. The maximum absolute atomic E-state index is 12.8. The van der Waals surface area contributed by atoms with Gasteiger partial charge in [-0.15, -0.1) is 0 Å². The molecule has 1 aromatic rings. The minimum Gasteiger partial charge on any atom is -0.497 e. The Labute approximate surface area is 144 Å². The van der Waals surface area contributed by atoms with Crippen molar-refractivity contribution in [3.63, 3.8) is 0 Å². The fourth-order valence-electron chi connectivity index (χ4n) is 2.82. The van der Waals surface area contributed by atoms with E-state index >= 15 is 0 Å². The second-order valence-corrected chi connectivity index (χ2v) is 8.23.